The number of benzene rings is 1. The number of halogens is 2. The minimum Gasteiger partial charge on any atom is -0.365 e. The lowest BCUT2D eigenvalue weighted by atomic mass is 10.2. The van der Waals surface area contributed by atoms with Gasteiger partial charge in [-0.25, -0.2) is 8.78 Å². The number of hydrogen-bond acceptors (Lipinski definition) is 3. The summed E-state index contributed by atoms with van der Waals surface area (Å²) < 4.78 is 28.1. The highest BCUT2D eigenvalue weighted by molar-refractivity contribution is 5.80. The molecule has 1 saturated carbocycles. The third-order valence-corrected chi connectivity index (χ3v) is 5.46. The fraction of sp³-hybridized carbons (Fsp3) is 0.650. The molecule has 1 aliphatic heterocycles. The van der Waals surface area contributed by atoms with Crippen LogP contribution in [0.2, 0.25) is 0 Å². The summed E-state index contributed by atoms with van der Waals surface area (Å²) in [5, 5.41) is 6.71. The number of likely N-dealkylation sites (N-methyl/N-ethyl adjacent to an activating group) is 1. The van der Waals surface area contributed by atoms with Crippen LogP contribution in [0.15, 0.2) is 23.2 Å². The van der Waals surface area contributed by atoms with Crippen LogP contribution in [0.25, 0.3) is 0 Å². The lowest BCUT2D eigenvalue weighted by Gasteiger charge is -2.24. The van der Waals surface area contributed by atoms with Crippen molar-refractivity contribution in [2.75, 3.05) is 38.1 Å². The van der Waals surface area contributed by atoms with Crippen LogP contribution in [-0.2, 0) is 0 Å². The first-order chi connectivity index (χ1) is 13.0. The van der Waals surface area contributed by atoms with Gasteiger partial charge in [0, 0.05) is 37.8 Å². The van der Waals surface area contributed by atoms with Gasteiger partial charge in [0.2, 0.25) is 0 Å². The second-order valence-corrected chi connectivity index (χ2v) is 7.61. The quantitative estimate of drug-likeness (QED) is 0.565. The average molecular weight is 379 g/mol. The topological polar surface area (TPSA) is 42.9 Å². The molecule has 2 aliphatic rings. The molecular formula is C20H31F2N5. The number of nitrogens with zero attached hydrogens (tertiary/aromatic N) is 3. The molecule has 0 amide bonds. The van der Waals surface area contributed by atoms with Gasteiger partial charge < -0.3 is 15.5 Å². The normalized spacial score (nSPS) is 21.6. The third-order valence-electron chi connectivity index (χ3n) is 5.46. The second kappa shape index (κ2) is 8.87. The molecule has 0 radical (unpaired) electrons. The van der Waals surface area contributed by atoms with E-state index in [-0.39, 0.29) is 11.7 Å². The highest BCUT2D eigenvalue weighted by Crippen LogP contribution is 2.27. The highest BCUT2D eigenvalue weighted by Gasteiger charge is 2.29. The molecule has 2 unspecified atom stereocenters. The van der Waals surface area contributed by atoms with Crippen LogP contribution >= 0.6 is 0 Å². The van der Waals surface area contributed by atoms with Crippen molar-refractivity contribution in [1.29, 1.82) is 0 Å². The van der Waals surface area contributed by atoms with E-state index in [2.05, 4.69) is 29.5 Å². The van der Waals surface area contributed by atoms with Gasteiger partial charge in [-0.05, 0) is 52.3 Å². The Balaban J connectivity index is 1.57. The Morgan fingerprint density at radius 2 is 2.00 bits per heavy atom. The van der Waals surface area contributed by atoms with E-state index in [1.54, 1.807) is 4.90 Å². The van der Waals surface area contributed by atoms with E-state index in [1.165, 1.54) is 31.0 Å². The van der Waals surface area contributed by atoms with E-state index < -0.39 is 11.6 Å². The summed E-state index contributed by atoms with van der Waals surface area (Å²) in [5.41, 5.74) is 0.0726. The number of guanidine groups is 1. The first-order valence-electron chi connectivity index (χ1n) is 9.95. The van der Waals surface area contributed by atoms with E-state index in [0.717, 1.165) is 25.5 Å². The minimum absolute atomic E-state index is 0.0726. The second-order valence-electron chi connectivity index (χ2n) is 7.61. The highest BCUT2D eigenvalue weighted by atomic mass is 19.1. The first kappa shape index (κ1) is 19.9. The molecular weight excluding hydrogens is 348 g/mol. The van der Waals surface area contributed by atoms with Gasteiger partial charge in [0.1, 0.15) is 17.3 Å². The smallest absolute Gasteiger partial charge is 0.191 e. The zero-order valence-electron chi connectivity index (χ0n) is 16.5. The van der Waals surface area contributed by atoms with Crippen LogP contribution in [0.1, 0.15) is 33.1 Å². The van der Waals surface area contributed by atoms with E-state index in [4.69, 9.17) is 4.99 Å². The summed E-state index contributed by atoms with van der Waals surface area (Å²) in [5.74, 6) is -0.240. The molecule has 1 aromatic carbocycles. The molecule has 150 valence electrons. The van der Waals surface area contributed by atoms with Gasteiger partial charge in [-0.1, -0.05) is 6.07 Å². The molecule has 1 heterocycles. The largest absolute Gasteiger partial charge is 0.365 e. The van der Waals surface area contributed by atoms with Crippen molar-refractivity contribution in [3.8, 4) is 0 Å². The van der Waals surface area contributed by atoms with Crippen molar-refractivity contribution in [2.45, 2.75) is 51.2 Å². The lowest BCUT2D eigenvalue weighted by molar-refractivity contribution is 0.253. The van der Waals surface area contributed by atoms with Crippen LogP contribution in [-0.4, -0.2) is 62.2 Å². The molecule has 3 rings (SSSR count). The molecule has 0 aromatic heterocycles. The summed E-state index contributed by atoms with van der Waals surface area (Å²) in [6, 6.07) is 5.23. The molecule has 1 aliphatic carbocycles. The number of para-hydroxylation sites is 1. The van der Waals surface area contributed by atoms with Gasteiger partial charge in [0.15, 0.2) is 5.96 Å². The molecule has 7 heteroatoms. The minimum atomic E-state index is -0.506. The van der Waals surface area contributed by atoms with Crippen molar-refractivity contribution >= 4 is 11.6 Å². The maximum absolute atomic E-state index is 14.0. The fourth-order valence-electron chi connectivity index (χ4n) is 3.58. The Morgan fingerprint density at radius 3 is 2.63 bits per heavy atom. The van der Waals surface area contributed by atoms with Crippen LogP contribution in [0, 0.1) is 11.6 Å². The van der Waals surface area contributed by atoms with Crippen LogP contribution in [0.4, 0.5) is 14.5 Å². The number of anilines is 1. The van der Waals surface area contributed by atoms with Gasteiger partial charge in [-0.15, -0.1) is 0 Å². The first-order valence-corrected chi connectivity index (χ1v) is 9.95. The van der Waals surface area contributed by atoms with E-state index in [1.807, 2.05) is 6.92 Å². The van der Waals surface area contributed by atoms with Crippen molar-refractivity contribution in [2.24, 2.45) is 4.99 Å². The van der Waals surface area contributed by atoms with E-state index in [9.17, 15) is 8.78 Å². The molecule has 2 fully saturated rings. The Hall–Kier alpha value is -1.89. The summed E-state index contributed by atoms with van der Waals surface area (Å²) in [6.45, 7) is 6.91. The molecule has 1 aromatic rings. The standard InChI is InChI=1S/C20H31F2N5/c1-4-23-20(24-12-14(2)26(3)16-8-9-16)25-15-10-11-27(13-15)19-17(21)6-5-7-18(19)22/h5-7,14-16H,4,8-13H2,1-3H3,(H2,23,24,25). The maximum Gasteiger partial charge on any atom is 0.191 e. The predicted molar refractivity (Wildman–Crippen MR) is 106 cm³/mol. The monoisotopic (exact) mass is 379 g/mol. The van der Waals surface area contributed by atoms with Crippen LogP contribution in [0.5, 0.6) is 0 Å². The molecule has 27 heavy (non-hydrogen) atoms. The van der Waals surface area contributed by atoms with Gasteiger partial charge in [0.25, 0.3) is 0 Å². The summed E-state index contributed by atoms with van der Waals surface area (Å²) >= 11 is 0. The lowest BCUT2D eigenvalue weighted by Crippen LogP contribution is -2.45. The molecule has 5 nitrogen and oxygen atoms in total. The zero-order chi connectivity index (χ0) is 19.4. The molecule has 2 N–H and O–H groups in total. The molecule has 2 atom stereocenters. The number of nitrogens with one attached hydrogen (secondary N) is 2. The van der Waals surface area contributed by atoms with Gasteiger partial charge in [-0.3, -0.25) is 9.89 Å². The Morgan fingerprint density at radius 1 is 1.30 bits per heavy atom. The van der Waals surface area contributed by atoms with Crippen molar-refractivity contribution in [3.63, 3.8) is 0 Å². The molecule has 0 spiro atoms. The number of aliphatic imine (C=N–C) groups is 1. The summed E-state index contributed by atoms with van der Waals surface area (Å²) in [6.07, 6.45) is 3.39. The molecule has 1 saturated heterocycles. The summed E-state index contributed by atoms with van der Waals surface area (Å²) in [7, 11) is 2.16. The Kier molecular flexibility index (Phi) is 6.52. The van der Waals surface area contributed by atoms with Crippen molar-refractivity contribution in [3.05, 3.63) is 29.8 Å². The van der Waals surface area contributed by atoms with Crippen LogP contribution < -0.4 is 15.5 Å². The maximum atomic E-state index is 14.0. The Labute approximate surface area is 160 Å². The summed E-state index contributed by atoms with van der Waals surface area (Å²) in [4.78, 5) is 8.89. The van der Waals surface area contributed by atoms with Crippen molar-refractivity contribution < 1.29 is 8.78 Å². The zero-order valence-corrected chi connectivity index (χ0v) is 16.5. The average Bonchev–Trinajstić information content (AvgIpc) is 3.39. The van der Waals surface area contributed by atoms with Gasteiger partial charge in [0.05, 0.1) is 6.54 Å². The van der Waals surface area contributed by atoms with Gasteiger partial charge in [-0.2, -0.15) is 0 Å². The SMILES string of the molecule is CCNC(=NCC(C)N(C)C1CC1)NC1CCN(c2c(F)cccc2F)C1. The predicted octanol–water partition coefficient (Wildman–Crippen LogP) is 2.58. The van der Waals surface area contributed by atoms with Crippen molar-refractivity contribution in [1.82, 2.24) is 15.5 Å². The molecule has 0 bridgehead atoms. The number of hydrogen-bond donors (Lipinski definition) is 2. The Bertz CT molecular complexity index is 642. The third kappa shape index (κ3) is 5.09. The fourth-order valence-corrected chi connectivity index (χ4v) is 3.58. The van der Waals surface area contributed by atoms with Gasteiger partial charge >= 0.3 is 0 Å². The van der Waals surface area contributed by atoms with Crippen LogP contribution in [0.3, 0.4) is 0 Å². The van der Waals surface area contributed by atoms with E-state index in [0.29, 0.717) is 25.2 Å². The number of rotatable bonds is 7. The van der Waals surface area contributed by atoms with E-state index >= 15 is 0 Å².